The molecule has 0 aliphatic carbocycles. The first kappa shape index (κ1) is 15.5. The fourth-order valence-corrected chi connectivity index (χ4v) is 2.80. The highest BCUT2D eigenvalue weighted by molar-refractivity contribution is 6.62. The van der Waals surface area contributed by atoms with Gasteiger partial charge in [-0.3, -0.25) is 4.79 Å². The number of hydrogen-bond donors (Lipinski definition) is 0. The topological polar surface area (TPSA) is 38.8 Å². The third-order valence-electron chi connectivity index (χ3n) is 4.88. The maximum Gasteiger partial charge on any atom is 0.497 e. The summed E-state index contributed by atoms with van der Waals surface area (Å²) in [6, 6.07) is 5.03. The van der Waals surface area contributed by atoms with Crippen LogP contribution in [0.4, 0.5) is 10.1 Å². The minimum atomic E-state index is -0.761. The fourth-order valence-electron chi connectivity index (χ4n) is 2.80. The summed E-state index contributed by atoms with van der Waals surface area (Å²) >= 11 is 0. The summed E-state index contributed by atoms with van der Waals surface area (Å²) in [5.74, 6) is -0.471. The summed E-state index contributed by atoms with van der Waals surface area (Å²) < 4.78 is 26.7. The molecule has 0 atom stereocenters. The Kier molecular flexibility index (Phi) is 3.57. The van der Waals surface area contributed by atoms with Crippen molar-refractivity contribution in [3.8, 4) is 0 Å². The number of carbonyl (C=O) groups is 1. The van der Waals surface area contributed by atoms with Gasteiger partial charge in [-0.25, -0.2) is 4.39 Å². The van der Waals surface area contributed by atoms with Gasteiger partial charge < -0.3 is 14.2 Å². The Balaban J connectivity index is 1.95. The van der Waals surface area contributed by atoms with E-state index in [9.17, 15) is 9.18 Å². The average molecular weight is 305 g/mol. The zero-order valence-electron chi connectivity index (χ0n) is 13.5. The van der Waals surface area contributed by atoms with Crippen molar-refractivity contribution in [3.05, 3.63) is 24.0 Å². The van der Waals surface area contributed by atoms with E-state index in [0.717, 1.165) is 6.42 Å². The number of rotatable bonds is 2. The lowest BCUT2D eigenvalue weighted by Gasteiger charge is -2.32. The quantitative estimate of drug-likeness (QED) is 0.787. The molecule has 118 valence electrons. The molecule has 0 radical (unpaired) electrons. The van der Waals surface area contributed by atoms with Crippen LogP contribution < -0.4 is 10.4 Å². The number of hydrogen-bond acceptors (Lipinski definition) is 3. The van der Waals surface area contributed by atoms with Crippen LogP contribution in [-0.2, 0) is 14.1 Å². The van der Waals surface area contributed by atoms with E-state index < -0.39 is 24.1 Å². The van der Waals surface area contributed by atoms with Crippen molar-refractivity contribution in [2.75, 3.05) is 11.4 Å². The second-order valence-corrected chi connectivity index (χ2v) is 6.92. The highest BCUT2D eigenvalue weighted by Crippen LogP contribution is 2.37. The molecule has 1 amide bonds. The molecule has 1 aromatic carbocycles. The lowest BCUT2D eigenvalue weighted by atomic mass is 9.78. The molecular formula is C16H21BFNO3. The van der Waals surface area contributed by atoms with E-state index >= 15 is 0 Å². The number of anilines is 1. The number of amides is 1. The lowest BCUT2D eigenvalue weighted by molar-refractivity contribution is -0.117. The van der Waals surface area contributed by atoms with Gasteiger partial charge in [-0.1, -0.05) is 12.1 Å². The van der Waals surface area contributed by atoms with Crippen LogP contribution in [0, 0.1) is 5.82 Å². The van der Waals surface area contributed by atoms with E-state index in [1.165, 1.54) is 4.90 Å². The maximum absolute atomic E-state index is 14.9. The van der Waals surface area contributed by atoms with Crippen LogP contribution in [0.1, 0.15) is 40.5 Å². The standard InChI is InChI=1S/C16H21BFNO3/c1-15(2)16(3,4)22-17(21-15)11-7-5-8-12(14(11)18)19-10-6-9-13(19)20/h5,7-8H,6,9-10H2,1-4H3. The summed E-state index contributed by atoms with van der Waals surface area (Å²) in [6.45, 7) is 8.28. The molecule has 2 fully saturated rings. The van der Waals surface area contributed by atoms with Gasteiger partial charge >= 0.3 is 7.12 Å². The molecule has 3 rings (SSSR count). The van der Waals surface area contributed by atoms with Gasteiger partial charge in [-0.15, -0.1) is 0 Å². The van der Waals surface area contributed by atoms with Gasteiger partial charge in [0.05, 0.1) is 16.9 Å². The molecule has 1 aromatic rings. The molecule has 0 aromatic heterocycles. The first-order valence-electron chi connectivity index (χ1n) is 7.67. The van der Waals surface area contributed by atoms with Gasteiger partial charge in [0.2, 0.25) is 5.91 Å². The van der Waals surface area contributed by atoms with Gasteiger partial charge in [0.25, 0.3) is 0 Å². The Morgan fingerprint density at radius 1 is 1.18 bits per heavy atom. The van der Waals surface area contributed by atoms with Crippen LogP contribution in [0.3, 0.4) is 0 Å². The molecule has 0 saturated carbocycles. The van der Waals surface area contributed by atoms with Crippen molar-refractivity contribution >= 4 is 24.2 Å². The number of halogens is 1. The maximum atomic E-state index is 14.9. The first-order valence-corrected chi connectivity index (χ1v) is 7.67. The van der Waals surface area contributed by atoms with E-state index in [1.54, 1.807) is 18.2 Å². The predicted molar refractivity (Wildman–Crippen MR) is 83.7 cm³/mol. The summed E-state index contributed by atoms with van der Waals surface area (Å²) in [5.41, 5.74) is -0.391. The average Bonchev–Trinajstić information content (AvgIpc) is 2.91. The molecule has 0 spiro atoms. The Morgan fingerprint density at radius 2 is 1.82 bits per heavy atom. The first-order chi connectivity index (χ1) is 10.2. The molecule has 2 aliphatic rings. The van der Waals surface area contributed by atoms with Crippen molar-refractivity contribution in [1.29, 1.82) is 0 Å². The summed E-state index contributed by atoms with van der Waals surface area (Å²) in [7, 11) is -0.761. The molecule has 2 heterocycles. The Bertz CT molecular complexity index is 601. The van der Waals surface area contributed by atoms with Crippen molar-refractivity contribution in [2.45, 2.75) is 51.7 Å². The van der Waals surface area contributed by atoms with Gasteiger partial charge in [0, 0.05) is 18.4 Å². The van der Waals surface area contributed by atoms with E-state index in [1.807, 2.05) is 27.7 Å². The van der Waals surface area contributed by atoms with E-state index in [2.05, 4.69) is 0 Å². The third-order valence-corrected chi connectivity index (χ3v) is 4.88. The number of nitrogens with zero attached hydrogens (tertiary/aromatic N) is 1. The zero-order valence-corrected chi connectivity index (χ0v) is 13.5. The van der Waals surface area contributed by atoms with E-state index in [-0.39, 0.29) is 5.91 Å². The molecule has 0 N–H and O–H groups in total. The van der Waals surface area contributed by atoms with Crippen molar-refractivity contribution in [3.63, 3.8) is 0 Å². The summed E-state index contributed by atoms with van der Waals surface area (Å²) in [6.07, 6.45) is 1.24. The molecule has 2 saturated heterocycles. The van der Waals surface area contributed by atoms with E-state index in [0.29, 0.717) is 24.1 Å². The molecule has 6 heteroatoms. The largest absolute Gasteiger partial charge is 0.497 e. The van der Waals surface area contributed by atoms with Crippen LogP contribution >= 0.6 is 0 Å². The smallest absolute Gasteiger partial charge is 0.399 e. The van der Waals surface area contributed by atoms with Crippen LogP contribution in [0.15, 0.2) is 18.2 Å². The van der Waals surface area contributed by atoms with E-state index in [4.69, 9.17) is 9.31 Å². The third kappa shape index (κ3) is 2.34. The minimum absolute atomic E-state index is 0.0371. The SMILES string of the molecule is CC1(C)OB(c2cccc(N3CCCC3=O)c2F)OC1(C)C. The minimum Gasteiger partial charge on any atom is -0.399 e. The Labute approximate surface area is 130 Å². The molecule has 22 heavy (non-hydrogen) atoms. The predicted octanol–water partition coefficient (Wildman–Crippen LogP) is 2.25. The second kappa shape index (κ2) is 5.06. The Hall–Kier alpha value is -1.40. The molecule has 4 nitrogen and oxygen atoms in total. The van der Waals surface area contributed by atoms with Gasteiger partial charge in [0.15, 0.2) is 0 Å². The van der Waals surface area contributed by atoms with Crippen LogP contribution in [0.25, 0.3) is 0 Å². The zero-order chi connectivity index (χ0) is 16.1. The van der Waals surface area contributed by atoms with Crippen molar-refractivity contribution < 1.29 is 18.5 Å². The number of benzene rings is 1. The molecule has 0 bridgehead atoms. The molecule has 2 aliphatic heterocycles. The van der Waals surface area contributed by atoms with Crippen LogP contribution in [-0.4, -0.2) is 30.8 Å². The van der Waals surface area contributed by atoms with Crippen molar-refractivity contribution in [1.82, 2.24) is 0 Å². The fraction of sp³-hybridized carbons (Fsp3) is 0.562. The van der Waals surface area contributed by atoms with Crippen molar-refractivity contribution in [2.24, 2.45) is 0 Å². The molecular weight excluding hydrogens is 284 g/mol. The monoisotopic (exact) mass is 305 g/mol. The normalized spacial score (nSPS) is 23.4. The molecule has 0 unspecified atom stereocenters. The summed E-state index contributed by atoms with van der Waals surface area (Å²) in [5, 5.41) is 0. The van der Waals surface area contributed by atoms with Crippen LogP contribution in [0.2, 0.25) is 0 Å². The lowest BCUT2D eigenvalue weighted by Crippen LogP contribution is -2.41. The van der Waals surface area contributed by atoms with Gasteiger partial charge in [0.1, 0.15) is 5.82 Å². The second-order valence-electron chi connectivity index (χ2n) is 6.92. The Morgan fingerprint density at radius 3 is 2.36 bits per heavy atom. The van der Waals surface area contributed by atoms with Crippen LogP contribution in [0.5, 0.6) is 0 Å². The highest BCUT2D eigenvalue weighted by atomic mass is 19.1. The van der Waals surface area contributed by atoms with Gasteiger partial charge in [-0.2, -0.15) is 0 Å². The summed E-state index contributed by atoms with van der Waals surface area (Å²) in [4.78, 5) is 13.4. The van der Waals surface area contributed by atoms with Gasteiger partial charge in [-0.05, 0) is 40.2 Å². The highest BCUT2D eigenvalue weighted by Gasteiger charge is 2.52. The number of carbonyl (C=O) groups excluding carboxylic acids is 1.